The Morgan fingerprint density at radius 2 is 1.71 bits per heavy atom. The molecule has 2 aromatic rings. The predicted molar refractivity (Wildman–Crippen MR) is 116 cm³/mol. The van der Waals surface area contributed by atoms with E-state index < -0.39 is 12.8 Å². The van der Waals surface area contributed by atoms with Gasteiger partial charge in [-0.15, -0.1) is 0 Å². The number of alkyl halides is 3. The molecule has 0 radical (unpaired) electrons. The van der Waals surface area contributed by atoms with Crippen molar-refractivity contribution in [3.8, 4) is 11.5 Å². The van der Waals surface area contributed by atoms with Gasteiger partial charge in [0.2, 0.25) is 0 Å². The average molecular weight is 433 g/mol. The topological polar surface area (TPSA) is 46.1 Å². The van der Waals surface area contributed by atoms with Crippen molar-refractivity contribution in [2.45, 2.75) is 38.7 Å². The fraction of sp³-hybridized carbons (Fsp3) is 0.348. The number of amidine groups is 1. The SMILES string of the molecule is CCCC1NC(=NCc2ccc(OC)cc2)C=CN1c1ccc(OCC(F)(F)F)cc1. The van der Waals surface area contributed by atoms with E-state index in [9.17, 15) is 13.2 Å². The summed E-state index contributed by atoms with van der Waals surface area (Å²) in [6.45, 7) is 1.34. The molecule has 0 aromatic heterocycles. The van der Waals surface area contributed by atoms with Crippen molar-refractivity contribution in [3.63, 3.8) is 0 Å². The highest BCUT2D eigenvalue weighted by molar-refractivity contribution is 5.95. The molecule has 2 aromatic carbocycles. The lowest BCUT2D eigenvalue weighted by Gasteiger charge is -2.35. The summed E-state index contributed by atoms with van der Waals surface area (Å²) < 4.78 is 46.9. The van der Waals surface area contributed by atoms with Crippen LogP contribution in [0.25, 0.3) is 0 Å². The highest BCUT2D eigenvalue weighted by Crippen LogP contribution is 2.25. The van der Waals surface area contributed by atoms with E-state index in [4.69, 9.17) is 9.47 Å². The van der Waals surface area contributed by atoms with Crippen LogP contribution < -0.4 is 19.7 Å². The Bertz CT molecular complexity index is 894. The third-order valence-electron chi connectivity index (χ3n) is 4.73. The maximum atomic E-state index is 12.3. The molecule has 0 saturated carbocycles. The molecule has 1 N–H and O–H groups in total. The van der Waals surface area contributed by atoms with Gasteiger partial charge in [-0.1, -0.05) is 25.5 Å². The van der Waals surface area contributed by atoms with Gasteiger partial charge < -0.3 is 19.7 Å². The number of aliphatic imine (C=N–C) groups is 1. The van der Waals surface area contributed by atoms with E-state index in [0.29, 0.717) is 6.54 Å². The molecular formula is C23H26F3N3O2. The molecule has 0 spiro atoms. The monoisotopic (exact) mass is 433 g/mol. The number of methoxy groups -OCH3 is 1. The number of hydrogen-bond donors (Lipinski definition) is 1. The van der Waals surface area contributed by atoms with Crippen LogP contribution >= 0.6 is 0 Å². The van der Waals surface area contributed by atoms with Crippen LogP contribution in [0.5, 0.6) is 11.5 Å². The lowest BCUT2D eigenvalue weighted by atomic mass is 10.1. The van der Waals surface area contributed by atoms with Gasteiger partial charge in [0, 0.05) is 11.9 Å². The Hall–Kier alpha value is -3.16. The Kier molecular flexibility index (Phi) is 7.44. The van der Waals surface area contributed by atoms with Crippen molar-refractivity contribution in [2.75, 3.05) is 18.6 Å². The third-order valence-corrected chi connectivity index (χ3v) is 4.73. The third kappa shape index (κ3) is 6.67. The minimum Gasteiger partial charge on any atom is -0.497 e. The summed E-state index contributed by atoms with van der Waals surface area (Å²) in [7, 11) is 1.63. The summed E-state index contributed by atoms with van der Waals surface area (Å²) >= 11 is 0. The minimum atomic E-state index is -4.36. The molecule has 5 nitrogen and oxygen atoms in total. The van der Waals surface area contributed by atoms with E-state index >= 15 is 0 Å². The van der Waals surface area contributed by atoms with Crippen LogP contribution in [0.15, 0.2) is 65.8 Å². The van der Waals surface area contributed by atoms with E-state index in [0.717, 1.165) is 35.7 Å². The smallest absolute Gasteiger partial charge is 0.422 e. The molecule has 166 valence electrons. The summed E-state index contributed by atoms with van der Waals surface area (Å²) in [4.78, 5) is 6.70. The first-order chi connectivity index (χ1) is 14.9. The summed E-state index contributed by atoms with van der Waals surface area (Å²) in [6.07, 6.45) is 1.30. The molecule has 1 atom stereocenters. The van der Waals surface area contributed by atoms with Crippen LogP contribution in [0.3, 0.4) is 0 Å². The van der Waals surface area contributed by atoms with Gasteiger partial charge in [0.15, 0.2) is 6.61 Å². The molecule has 31 heavy (non-hydrogen) atoms. The predicted octanol–water partition coefficient (Wildman–Crippen LogP) is 5.28. The molecule has 1 aliphatic rings. The maximum absolute atomic E-state index is 12.3. The van der Waals surface area contributed by atoms with E-state index in [1.807, 2.05) is 41.4 Å². The highest BCUT2D eigenvalue weighted by atomic mass is 19.4. The lowest BCUT2D eigenvalue weighted by molar-refractivity contribution is -0.153. The van der Waals surface area contributed by atoms with Crippen molar-refractivity contribution < 1.29 is 22.6 Å². The molecule has 0 amide bonds. The minimum absolute atomic E-state index is 0.00781. The normalized spacial score (nSPS) is 17.5. The molecule has 0 aliphatic carbocycles. The van der Waals surface area contributed by atoms with Gasteiger partial charge in [-0.2, -0.15) is 13.2 Å². The molecule has 1 heterocycles. The summed E-state index contributed by atoms with van der Waals surface area (Å²) in [6, 6.07) is 14.4. The first-order valence-corrected chi connectivity index (χ1v) is 10.1. The Balaban J connectivity index is 1.68. The molecular weight excluding hydrogens is 407 g/mol. The molecule has 3 rings (SSSR count). The molecule has 1 aliphatic heterocycles. The molecule has 0 saturated heterocycles. The van der Waals surface area contributed by atoms with Crippen molar-refractivity contribution in [2.24, 2.45) is 4.99 Å². The standard InChI is InChI=1S/C23H26F3N3O2/c1-3-4-22-28-21(27-15-17-5-9-19(30-2)10-6-17)13-14-29(22)18-7-11-20(12-8-18)31-16-23(24,25)26/h5-14,22H,3-4,15-16H2,1-2H3,(H,27,28). The van der Waals surface area contributed by atoms with Crippen LogP contribution in [0, 0.1) is 0 Å². The number of rotatable bonds is 8. The number of ether oxygens (including phenoxy) is 2. The first-order valence-electron chi connectivity index (χ1n) is 10.1. The maximum Gasteiger partial charge on any atom is 0.422 e. The second kappa shape index (κ2) is 10.2. The Morgan fingerprint density at radius 1 is 1.03 bits per heavy atom. The number of hydrogen-bond acceptors (Lipinski definition) is 4. The molecule has 1 unspecified atom stereocenters. The van der Waals surface area contributed by atoms with E-state index in [-0.39, 0.29) is 11.9 Å². The van der Waals surface area contributed by atoms with E-state index in [2.05, 4.69) is 17.2 Å². The zero-order valence-electron chi connectivity index (χ0n) is 17.5. The zero-order valence-corrected chi connectivity index (χ0v) is 17.5. The number of anilines is 1. The van der Waals surface area contributed by atoms with Gasteiger partial charge in [0.25, 0.3) is 0 Å². The Morgan fingerprint density at radius 3 is 2.32 bits per heavy atom. The molecule has 0 bridgehead atoms. The second-order valence-corrected chi connectivity index (χ2v) is 7.12. The van der Waals surface area contributed by atoms with Crippen LogP contribution in [0.1, 0.15) is 25.3 Å². The molecule has 8 heteroatoms. The number of nitrogens with one attached hydrogen (secondary N) is 1. The fourth-order valence-corrected chi connectivity index (χ4v) is 3.18. The van der Waals surface area contributed by atoms with Crippen molar-refractivity contribution in [1.82, 2.24) is 5.32 Å². The van der Waals surface area contributed by atoms with Gasteiger partial charge in [-0.3, -0.25) is 4.99 Å². The lowest BCUT2D eigenvalue weighted by Crippen LogP contribution is -2.48. The van der Waals surface area contributed by atoms with E-state index in [1.54, 1.807) is 31.4 Å². The van der Waals surface area contributed by atoms with Crippen LogP contribution in [0.4, 0.5) is 18.9 Å². The van der Waals surface area contributed by atoms with Gasteiger partial charge >= 0.3 is 6.18 Å². The van der Waals surface area contributed by atoms with Crippen molar-refractivity contribution in [3.05, 3.63) is 66.4 Å². The summed E-state index contributed by atoms with van der Waals surface area (Å²) in [5.41, 5.74) is 1.93. The number of nitrogens with zero attached hydrogens (tertiary/aromatic N) is 2. The number of benzene rings is 2. The number of halogens is 3. The van der Waals surface area contributed by atoms with Gasteiger partial charge in [0.1, 0.15) is 23.5 Å². The van der Waals surface area contributed by atoms with Crippen LogP contribution in [-0.4, -0.2) is 31.9 Å². The highest BCUT2D eigenvalue weighted by Gasteiger charge is 2.28. The van der Waals surface area contributed by atoms with Crippen LogP contribution in [0.2, 0.25) is 0 Å². The average Bonchev–Trinajstić information content (AvgIpc) is 2.77. The summed E-state index contributed by atoms with van der Waals surface area (Å²) in [5, 5.41) is 3.44. The van der Waals surface area contributed by atoms with E-state index in [1.165, 1.54) is 0 Å². The largest absolute Gasteiger partial charge is 0.497 e. The Labute approximate surface area is 180 Å². The summed E-state index contributed by atoms with van der Waals surface area (Å²) in [5.74, 6) is 1.78. The van der Waals surface area contributed by atoms with Gasteiger partial charge in [-0.25, -0.2) is 0 Å². The first kappa shape index (κ1) is 22.5. The zero-order chi connectivity index (χ0) is 22.3. The fourth-order valence-electron chi connectivity index (χ4n) is 3.18. The van der Waals surface area contributed by atoms with Crippen LogP contribution in [-0.2, 0) is 6.54 Å². The van der Waals surface area contributed by atoms with Gasteiger partial charge in [-0.05, 0) is 54.5 Å². The van der Waals surface area contributed by atoms with Crippen molar-refractivity contribution in [1.29, 1.82) is 0 Å². The quantitative estimate of drug-likeness (QED) is 0.615. The van der Waals surface area contributed by atoms with Crippen molar-refractivity contribution >= 4 is 11.5 Å². The van der Waals surface area contributed by atoms with Gasteiger partial charge in [0.05, 0.1) is 13.7 Å². The second-order valence-electron chi connectivity index (χ2n) is 7.12. The molecule has 0 fully saturated rings.